The fourth-order valence-corrected chi connectivity index (χ4v) is 4.45. The molecule has 0 aliphatic carbocycles. The zero-order chi connectivity index (χ0) is 20.5. The molecule has 2 saturated heterocycles. The fraction of sp³-hybridized carbons (Fsp3) is 0.545. The molecule has 156 valence electrons. The number of hydrogen-bond donors (Lipinski definition) is 0. The van der Waals surface area contributed by atoms with Crippen LogP contribution >= 0.6 is 0 Å². The summed E-state index contributed by atoms with van der Waals surface area (Å²) in [5, 5.41) is 0. The lowest BCUT2D eigenvalue weighted by atomic mass is 10.1. The number of hydrogen-bond acceptors (Lipinski definition) is 5. The molecule has 0 unspecified atom stereocenters. The van der Waals surface area contributed by atoms with Gasteiger partial charge in [0.15, 0.2) is 0 Å². The zero-order valence-corrected chi connectivity index (χ0v) is 17.7. The Kier molecular flexibility index (Phi) is 5.61. The minimum Gasteiger partial charge on any atom is -0.497 e. The Bertz CT molecular complexity index is 879. The monoisotopic (exact) mass is 398 g/mol. The van der Waals surface area contributed by atoms with Gasteiger partial charge in [-0.1, -0.05) is 0 Å². The van der Waals surface area contributed by atoms with Crippen molar-refractivity contribution in [2.45, 2.75) is 38.0 Å². The molecule has 29 heavy (non-hydrogen) atoms. The van der Waals surface area contributed by atoms with Crippen LogP contribution in [0.4, 0.5) is 0 Å². The number of carbonyl (C=O) groups excluding carboxylic acids is 1. The number of benzene rings is 1. The van der Waals surface area contributed by atoms with Crippen molar-refractivity contribution in [2.75, 3.05) is 40.9 Å². The second-order valence-corrected chi connectivity index (χ2v) is 8.28. The zero-order valence-electron chi connectivity index (χ0n) is 17.7. The third-order valence-electron chi connectivity index (χ3n) is 6.11. The second kappa shape index (κ2) is 8.16. The molecule has 2 aromatic rings. The molecule has 1 aromatic carbocycles. The van der Waals surface area contributed by atoms with Crippen LogP contribution in [0.3, 0.4) is 0 Å². The third kappa shape index (κ3) is 4.02. The van der Waals surface area contributed by atoms with Crippen molar-refractivity contribution in [1.29, 1.82) is 0 Å². The summed E-state index contributed by atoms with van der Waals surface area (Å²) in [6, 6.07) is 6.87. The van der Waals surface area contributed by atoms with Crippen molar-refractivity contribution in [3.8, 4) is 17.1 Å². The SMILES string of the molecule is COc1ccc(-c2nccn2[C@@H]2C[C@H]3CO[C@@H](CC(=O)N(C)C)CN3C2)c(C)c1. The van der Waals surface area contributed by atoms with Crippen molar-refractivity contribution in [1.82, 2.24) is 19.4 Å². The number of methoxy groups -OCH3 is 1. The minimum absolute atomic E-state index is 0.0222. The summed E-state index contributed by atoms with van der Waals surface area (Å²) in [7, 11) is 5.27. The van der Waals surface area contributed by atoms with Crippen LogP contribution in [-0.4, -0.2) is 78.3 Å². The number of fused-ring (bicyclic) bond motifs is 1. The highest BCUT2D eigenvalue weighted by atomic mass is 16.5. The highest BCUT2D eigenvalue weighted by Crippen LogP contribution is 2.35. The quantitative estimate of drug-likeness (QED) is 0.774. The average molecular weight is 399 g/mol. The molecule has 2 fully saturated rings. The molecule has 0 N–H and O–H groups in total. The van der Waals surface area contributed by atoms with Gasteiger partial charge < -0.3 is 18.9 Å². The summed E-state index contributed by atoms with van der Waals surface area (Å²) < 4.78 is 13.6. The molecule has 2 aliphatic rings. The Morgan fingerprint density at radius 1 is 1.31 bits per heavy atom. The van der Waals surface area contributed by atoms with Gasteiger partial charge in [0, 0.05) is 57.2 Å². The number of rotatable bonds is 5. The molecule has 1 aromatic heterocycles. The topological polar surface area (TPSA) is 59.8 Å². The molecule has 3 heterocycles. The minimum atomic E-state index is -0.0222. The largest absolute Gasteiger partial charge is 0.497 e. The van der Waals surface area contributed by atoms with E-state index in [0.717, 1.165) is 42.2 Å². The average Bonchev–Trinajstić information content (AvgIpc) is 3.33. The summed E-state index contributed by atoms with van der Waals surface area (Å²) in [5.74, 6) is 1.98. The maximum Gasteiger partial charge on any atom is 0.224 e. The summed E-state index contributed by atoms with van der Waals surface area (Å²) in [6.45, 7) is 4.55. The number of amides is 1. The van der Waals surface area contributed by atoms with Gasteiger partial charge >= 0.3 is 0 Å². The number of carbonyl (C=O) groups is 1. The molecule has 0 spiro atoms. The van der Waals surface area contributed by atoms with E-state index >= 15 is 0 Å². The molecule has 0 radical (unpaired) electrons. The normalized spacial score (nSPS) is 24.3. The Balaban J connectivity index is 1.48. The van der Waals surface area contributed by atoms with Crippen molar-refractivity contribution < 1.29 is 14.3 Å². The first-order valence-corrected chi connectivity index (χ1v) is 10.2. The standard InChI is InChI=1S/C22H30N4O3/c1-15-9-18(28-4)5-6-20(15)22-23-7-8-26(22)16-10-17-14-29-19(13-25(17)12-16)11-21(27)24(2)3/h5-9,16-17,19H,10-14H2,1-4H3/t16-,17+,19+/m1/s1. The Labute approximate surface area is 172 Å². The van der Waals surface area contributed by atoms with Crippen LogP contribution in [0.2, 0.25) is 0 Å². The fourth-order valence-electron chi connectivity index (χ4n) is 4.45. The molecular weight excluding hydrogens is 368 g/mol. The van der Waals surface area contributed by atoms with Crippen LogP contribution in [0, 0.1) is 6.92 Å². The number of nitrogens with zero attached hydrogens (tertiary/aromatic N) is 4. The Morgan fingerprint density at radius 2 is 2.14 bits per heavy atom. The van der Waals surface area contributed by atoms with Gasteiger partial charge in [0.1, 0.15) is 11.6 Å². The summed E-state index contributed by atoms with van der Waals surface area (Å²) in [5.41, 5.74) is 2.28. The number of aromatic nitrogens is 2. The molecule has 7 nitrogen and oxygen atoms in total. The molecule has 3 atom stereocenters. The molecule has 1 amide bonds. The van der Waals surface area contributed by atoms with E-state index in [-0.39, 0.29) is 12.0 Å². The Morgan fingerprint density at radius 3 is 2.86 bits per heavy atom. The van der Waals surface area contributed by atoms with Crippen LogP contribution in [0.25, 0.3) is 11.4 Å². The van der Waals surface area contributed by atoms with Crippen LogP contribution in [0.1, 0.15) is 24.4 Å². The van der Waals surface area contributed by atoms with Crippen LogP contribution in [0.5, 0.6) is 5.75 Å². The third-order valence-corrected chi connectivity index (χ3v) is 6.11. The Hall–Kier alpha value is -2.38. The van der Waals surface area contributed by atoms with Gasteiger partial charge in [-0.05, 0) is 37.1 Å². The first-order valence-electron chi connectivity index (χ1n) is 10.2. The number of imidazole rings is 1. The van der Waals surface area contributed by atoms with E-state index in [1.807, 2.05) is 18.3 Å². The maximum absolute atomic E-state index is 12.0. The van der Waals surface area contributed by atoms with Crippen molar-refractivity contribution >= 4 is 5.91 Å². The van der Waals surface area contributed by atoms with Crippen molar-refractivity contribution in [3.05, 3.63) is 36.2 Å². The molecule has 0 bridgehead atoms. The van der Waals surface area contributed by atoms with Gasteiger partial charge in [0.05, 0.1) is 26.2 Å². The molecule has 7 heteroatoms. The van der Waals surface area contributed by atoms with Gasteiger partial charge in [0.2, 0.25) is 5.91 Å². The van der Waals surface area contributed by atoms with E-state index in [4.69, 9.17) is 9.47 Å². The van der Waals surface area contributed by atoms with E-state index in [2.05, 4.69) is 33.6 Å². The van der Waals surface area contributed by atoms with E-state index < -0.39 is 0 Å². The van der Waals surface area contributed by atoms with Gasteiger partial charge in [-0.3, -0.25) is 9.69 Å². The number of aryl methyl sites for hydroxylation is 1. The van der Waals surface area contributed by atoms with Crippen LogP contribution < -0.4 is 4.74 Å². The molecule has 2 aliphatic heterocycles. The predicted octanol–water partition coefficient (Wildman–Crippen LogP) is 2.36. The number of ether oxygens (including phenoxy) is 2. The van der Waals surface area contributed by atoms with Gasteiger partial charge in [-0.15, -0.1) is 0 Å². The van der Waals surface area contributed by atoms with Crippen LogP contribution in [-0.2, 0) is 9.53 Å². The van der Waals surface area contributed by atoms with E-state index in [9.17, 15) is 4.79 Å². The lowest BCUT2D eigenvalue weighted by molar-refractivity contribution is -0.134. The summed E-state index contributed by atoms with van der Waals surface area (Å²) in [6.07, 6.45) is 5.42. The van der Waals surface area contributed by atoms with Crippen molar-refractivity contribution in [3.63, 3.8) is 0 Å². The van der Waals surface area contributed by atoms with Crippen LogP contribution in [0.15, 0.2) is 30.6 Å². The molecule has 0 saturated carbocycles. The molecular formula is C22H30N4O3. The van der Waals surface area contributed by atoms with Gasteiger partial charge in [-0.25, -0.2) is 4.98 Å². The summed E-state index contributed by atoms with van der Waals surface area (Å²) in [4.78, 5) is 20.8. The van der Waals surface area contributed by atoms with Crippen molar-refractivity contribution in [2.24, 2.45) is 0 Å². The lowest BCUT2D eigenvalue weighted by Crippen LogP contribution is -2.47. The first kappa shape index (κ1) is 19.9. The van der Waals surface area contributed by atoms with E-state index in [1.54, 1.807) is 26.1 Å². The van der Waals surface area contributed by atoms with Gasteiger partial charge in [0.25, 0.3) is 0 Å². The smallest absolute Gasteiger partial charge is 0.224 e. The highest BCUT2D eigenvalue weighted by molar-refractivity contribution is 5.76. The number of morpholine rings is 1. The summed E-state index contributed by atoms with van der Waals surface area (Å²) >= 11 is 0. The van der Waals surface area contributed by atoms with Gasteiger partial charge in [-0.2, -0.15) is 0 Å². The van der Waals surface area contributed by atoms with E-state index in [0.29, 0.717) is 25.1 Å². The lowest BCUT2D eigenvalue weighted by Gasteiger charge is -2.35. The second-order valence-electron chi connectivity index (χ2n) is 8.28. The van der Waals surface area contributed by atoms with E-state index in [1.165, 1.54) is 0 Å². The first-order chi connectivity index (χ1) is 14.0. The maximum atomic E-state index is 12.0. The highest BCUT2D eigenvalue weighted by Gasteiger charge is 2.39. The predicted molar refractivity (Wildman–Crippen MR) is 111 cm³/mol. The molecule has 4 rings (SSSR count).